The van der Waals surface area contributed by atoms with E-state index in [2.05, 4.69) is 20.8 Å². The highest BCUT2D eigenvalue weighted by Gasteiger charge is 2.10. The number of rotatable bonds is 15. The van der Waals surface area contributed by atoms with Crippen molar-refractivity contribution in [2.75, 3.05) is 13.1 Å². The summed E-state index contributed by atoms with van der Waals surface area (Å²) in [6.45, 7) is 8.44. The fraction of sp³-hybridized carbons (Fsp3) is 0.947. The summed E-state index contributed by atoms with van der Waals surface area (Å²) in [6.07, 6.45) is 16.2. The molecule has 0 aromatic rings. The fourth-order valence-corrected chi connectivity index (χ4v) is 2.82. The molecule has 0 saturated heterocycles. The lowest BCUT2D eigenvalue weighted by molar-refractivity contribution is -0.131. The van der Waals surface area contributed by atoms with E-state index in [1.807, 2.05) is 4.90 Å². The summed E-state index contributed by atoms with van der Waals surface area (Å²) in [5, 5.41) is 0. The van der Waals surface area contributed by atoms with Crippen LogP contribution >= 0.6 is 0 Å². The SMILES string of the molecule is CCCCCCCCCCCCC(=O)N(CCC)CCC. The predicted octanol–water partition coefficient (Wildman–Crippen LogP) is 5.95. The first-order valence-corrected chi connectivity index (χ1v) is 9.54. The molecule has 126 valence electrons. The van der Waals surface area contributed by atoms with Crippen LogP contribution in [0.1, 0.15) is 104 Å². The van der Waals surface area contributed by atoms with Crippen LogP contribution in [0.4, 0.5) is 0 Å². The summed E-state index contributed by atoms with van der Waals surface area (Å²) >= 11 is 0. The number of amides is 1. The quantitative estimate of drug-likeness (QED) is 0.342. The van der Waals surface area contributed by atoms with E-state index in [-0.39, 0.29) is 0 Å². The van der Waals surface area contributed by atoms with Gasteiger partial charge < -0.3 is 4.90 Å². The summed E-state index contributed by atoms with van der Waals surface area (Å²) in [5.41, 5.74) is 0. The van der Waals surface area contributed by atoms with Crippen molar-refractivity contribution >= 4 is 5.91 Å². The maximum absolute atomic E-state index is 12.1. The highest BCUT2D eigenvalue weighted by molar-refractivity contribution is 5.76. The minimum Gasteiger partial charge on any atom is -0.343 e. The number of carbonyl (C=O) groups excluding carboxylic acids is 1. The normalized spacial score (nSPS) is 10.8. The van der Waals surface area contributed by atoms with Crippen LogP contribution in [0.15, 0.2) is 0 Å². The molecule has 0 aliphatic rings. The molecule has 0 fully saturated rings. The molecule has 0 aliphatic carbocycles. The van der Waals surface area contributed by atoms with E-state index in [0.717, 1.165) is 38.8 Å². The third-order valence-electron chi connectivity index (χ3n) is 4.08. The third-order valence-corrected chi connectivity index (χ3v) is 4.08. The van der Waals surface area contributed by atoms with Gasteiger partial charge in [0.1, 0.15) is 0 Å². The van der Waals surface area contributed by atoms with Gasteiger partial charge in [-0.05, 0) is 19.3 Å². The number of carbonyl (C=O) groups is 1. The van der Waals surface area contributed by atoms with E-state index in [9.17, 15) is 4.79 Å². The molecule has 0 rings (SSSR count). The van der Waals surface area contributed by atoms with E-state index in [0.29, 0.717) is 5.91 Å². The van der Waals surface area contributed by atoms with Gasteiger partial charge in [-0.25, -0.2) is 0 Å². The molecule has 2 nitrogen and oxygen atoms in total. The van der Waals surface area contributed by atoms with Gasteiger partial charge >= 0.3 is 0 Å². The Morgan fingerprint density at radius 3 is 1.48 bits per heavy atom. The number of unbranched alkanes of at least 4 members (excludes halogenated alkanes) is 9. The number of hydrogen-bond acceptors (Lipinski definition) is 1. The Balaban J connectivity index is 3.42. The minimum absolute atomic E-state index is 0.373. The van der Waals surface area contributed by atoms with E-state index < -0.39 is 0 Å². The maximum Gasteiger partial charge on any atom is 0.222 e. The van der Waals surface area contributed by atoms with Crippen LogP contribution in [0.5, 0.6) is 0 Å². The van der Waals surface area contributed by atoms with Crippen LogP contribution in [0.3, 0.4) is 0 Å². The monoisotopic (exact) mass is 297 g/mol. The second kappa shape index (κ2) is 15.9. The van der Waals surface area contributed by atoms with Crippen molar-refractivity contribution in [3.63, 3.8) is 0 Å². The number of nitrogens with zero attached hydrogens (tertiary/aromatic N) is 1. The largest absolute Gasteiger partial charge is 0.343 e. The van der Waals surface area contributed by atoms with Crippen molar-refractivity contribution in [3.8, 4) is 0 Å². The second-order valence-electron chi connectivity index (χ2n) is 6.31. The average molecular weight is 298 g/mol. The lowest BCUT2D eigenvalue weighted by Gasteiger charge is -2.21. The van der Waals surface area contributed by atoms with Gasteiger partial charge in [0.2, 0.25) is 5.91 Å². The fourth-order valence-electron chi connectivity index (χ4n) is 2.82. The summed E-state index contributed by atoms with van der Waals surface area (Å²) in [5.74, 6) is 0.373. The van der Waals surface area contributed by atoms with Gasteiger partial charge in [-0.2, -0.15) is 0 Å². The maximum atomic E-state index is 12.1. The predicted molar refractivity (Wildman–Crippen MR) is 93.6 cm³/mol. The van der Waals surface area contributed by atoms with Crippen LogP contribution < -0.4 is 0 Å². The lowest BCUT2D eigenvalue weighted by Crippen LogP contribution is -2.32. The molecular formula is C19H39NO. The Kier molecular flexibility index (Phi) is 15.5. The zero-order valence-corrected chi connectivity index (χ0v) is 15.0. The Bertz CT molecular complexity index is 222. The number of hydrogen-bond donors (Lipinski definition) is 0. The van der Waals surface area contributed by atoms with Crippen molar-refractivity contribution in [1.29, 1.82) is 0 Å². The molecule has 0 saturated carbocycles. The van der Waals surface area contributed by atoms with Crippen molar-refractivity contribution in [3.05, 3.63) is 0 Å². The zero-order valence-electron chi connectivity index (χ0n) is 15.0. The molecule has 21 heavy (non-hydrogen) atoms. The highest BCUT2D eigenvalue weighted by Crippen LogP contribution is 2.12. The second-order valence-corrected chi connectivity index (χ2v) is 6.31. The van der Waals surface area contributed by atoms with Crippen LogP contribution in [0, 0.1) is 0 Å². The van der Waals surface area contributed by atoms with Crippen molar-refractivity contribution < 1.29 is 4.79 Å². The van der Waals surface area contributed by atoms with Gasteiger partial charge in [-0.15, -0.1) is 0 Å². The zero-order chi connectivity index (χ0) is 15.8. The van der Waals surface area contributed by atoms with E-state index in [1.165, 1.54) is 57.8 Å². The van der Waals surface area contributed by atoms with Gasteiger partial charge in [0.15, 0.2) is 0 Å². The average Bonchev–Trinajstić information content (AvgIpc) is 2.48. The van der Waals surface area contributed by atoms with E-state index in [4.69, 9.17) is 0 Å². The topological polar surface area (TPSA) is 20.3 Å². The minimum atomic E-state index is 0.373. The van der Waals surface area contributed by atoms with Crippen LogP contribution in [0.25, 0.3) is 0 Å². The molecule has 0 bridgehead atoms. The Hall–Kier alpha value is -0.530. The lowest BCUT2D eigenvalue weighted by atomic mass is 10.1. The van der Waals surface area contributed by atoms with Crippen LogP contribution in [0.2, 0.25) is 0 Å². The van der Waals surface area contributed by atoms with Gasteiger partial charge in [-0.3, -0.25) is 4.79 Å². The van der Waals surface area contributed by atoms with E-state index in [1.54, 1.807) is 0 Å². The summed E-state index contributed by atoms with van der Waals surface area (Å²) in [6, 6.07) is 0. The first-order chi connectivity index (χ1) is 10.3. The van der Waals surface area contributed by atoms with Gasteiger partial charge in [0.25, 0.3) is 0 Å². The van der Waals surface area contributed by atoms with Crippen LogP contribution in [-0.4, -0.2) is 23.9 Å². The summed E-state index contributed by atoms with van der Waals surface area (Å²) < 4.78 is 0. The Morgan fingerprint density at radius 1 is 0.619 bits per heavy atom. The van der Waals surface area contributed by atoms with Crippen molar-refractivity contribution in [1.82, 2.24) is 4.90 Å². The first-order valence-electron chi connectivity index (χ1n) is 9.54. The summed E-state index contributed by atoms with van der Waals surface area (Å²) in [7, 11) is 0. The van der Waals surface area contributed by atoms with Crippen molar-refractivity contribution in [2.24, 2.45) is 0 Å². The molecule has 0 N–H and O–H groups in total. The van der Waals surface area contributed by atoms with Gasteiger partial charge in [0.05, 0.1) is 0 Å². The molecule has 2 heteroatoms. The molecule has 0 heterocycles. The molecule has 0 aliphatic heterocycles. The summed E-state index contributed by atoms with van der Waals surface area (Å²) in [4.78, 5) is 14.1. The van der Waals surface area contributed by atoms with Crippen molar-refractivity contribution in [2.45, 2.75) is 104 Å². The molecular weight excluding hydrogens is 258 g/mol. The third kappa shape index (κ3) is 12.9. The molecule has 1 amide bonds. The molecule has 0 radical (unpaired) electrons. The Morgan fingerprint density at radius 2 is 1.05 bits per heavy atom. The molecule has 0 spiro atoms. The highest BCUT2D eigenvalue weighted by atomic mass is 16.2. The molecule has 0 unspecified atom stereocenters. The van der Waals surface area contributed by atoms with Gasteiger partial charge in [-0.1, -0.05) is 78.6 Å². The van der Waals surface area contributed by atoms with Crippen LogP contribution in [-0.2, 0) is 4.79 Å². The Labute approximate surface area is 133 Å². The van der Waals surface area contributed by atoms with E-state index >= 15 is 0 Å². The smallest absolute Gasteiger partial charge is 0.222 e. The standard InChI is InChI=1S/C19H39NO/c1-4-7-8-9-10-11-12-13-14-15-16-19(21)20(17-5-2)18-6-3/h4-18H2,1-3H3. The first kappa shape index (κ1) is 20.5. The molecule has 0 aromatic heterocycles. The van der Waals surface area contributed by atoms with Gasteiger partial charge in [0, 0.05) is 19.5 Å². The molecule has 0 atom stereocenters. The molecule has 0 aromatic carbocycles.